The molecule has 0 saturated carbocycles. The van der Waals surface area contributed by atoms with Gasteiger partial charge >= 0.3 is 0 Å². The molecule has 1 saturated heterocycles. The predicted molar refractivity (Wildman–Crippen MR) is 99.0 cm³/mol. The van der Waals surface area contributed by atoms with Gasteiger partial charge in [0, 0.05) is 43.6 Å². The van der Waals surface area contributed by atoms with Crippen molar-refractivity contribution in [1.29, 1.82) is 0 Å². The fourth-order valence-corrected chi connectivity index (χ4v) is 3.31. The van der Waals surface area contributed by atoms with Crippen molar-refractivity contribution in [2.45, 2.75) is 32.4 Å². The average molecular weight is 336 g/mol. The molecule has 1 aliphatic rings. The van der Waals surface area contributed by atoms with Gasteiger partial charge in [-0.2, -0.15) is 10.2 Å². The summed E-state index contributed by atoms with van der Waals surface area (Å²) < 4.78 is 1.93. The Kier molecular flexibility index (Phi) is 4.52. The smallest absolute Gasteiger partial charge is 0.150 e. The number of piperidine rings is 1. The molecule has 3 aromatic rings. The topological polar surface area (TPSA) is 61.8 Å². The highest BCUT2D eigenvalue weighted by Gasteiger charge is 2.20. The van der Waals surface area contributed by atoms with Crippen LogP contribution in [0.25, 0.3) is 5.69 Å². The second kappa shape index (κ2) is 7.11. The van der Waals surface area contributed by atoms with Crippen LogP contribution < -0.4 is 10.2 Å². The zero-order chi connectivity index (χ0) is 17.1. The number of anilines is 1. The third kappa shape index (κ3) is 3.74. The Morgan fingerprint density at radius 3 is 2.68 bits per heavy atom. The van der Waals surface area contributed by atoms with Crippen LogP contribution in [0.2, 0.25) is 0 Å². The quantitative estimate of drug-likeness (QED) is 0.752. The molecule has 0 spiro atoms. The van der Waals surface area contributed by atoms with E-state index in [0.29, 0.717) is 6.04 Å². The monoisotopic (exact) mass is 336 g/mol. The molecule has 0 unspecified atom stereocenters. The number of H-pyrrole nitrogens is 1. The first kappa shape index (κ1) is 15.9. The summed E-state index contributed by atoms with van der Waals surface area (Å²) in [4.78, 5) is 2.35. The minimum absolute atomic E-state index is 0.540. The van der Waals surface area contributed by atoms with Crippen LogP contribution in [0.15, 0.2) is 48.7 Å². The van der Waals surface area contributed by atoms with Crippen molar-refractivity contribution in [3.63, 3.8) is 0 Å². The van der Waals surface area contributed by atoms with E-state index in [0.717, 1.165) is 55.4 Å². The van der Waals surface area contributed by atoms with Crippen LogP contribution in [0.4, 0.5) is 5.82 Å². The van der Waals surface area contributed by atoms with E-state index in [1.807, 2.05) is 36.0 Å². The van der Waals surface area contributed by atoms with Gasteiger partial charge in [0.25, 0.3) is 0 Å². The summed E-state index contributed by atoms with van der Waals surface area (Å²) in [6.45, 7) is 4.94. The third-order valence-corrected chi connectivity index (χ3v) is 4.75. The van der Waals surface area contributed by atoms with Gasteiger partial charge < -0.3 is 10.2 Å². The van der Waals surface area contributed by atoms with E-state index >= 15 is 0 Å². The molecule has 3 heterocycles. The molecule has 2 N–H and O–H groups in total. The summed E-state index contributed by atoms with van der Waals surface area (Å²) in [6.07, 6.45) is 4.28. The van der Waals surface area contributed by atoms with E-state index < -0.39 is 0 Å². The lowest BCUT2D eigenvalue weighted by Gasteiger charge is -2.32. The first-order valence-corrected chi connectivity index (χ1v) is 8.88. The van der Waals surface area contributed by atoms with E-state index in [2.05, 4.69) is 49.8 Å². The van der Waals surface area contributed by atoms with E-state index in [1.165, 1.54) is 0 Å². The van der Waals surface area contributed by atoms with Gasteiger partial charge in [-0.1, -0.05) is 18.2 Å². The summed E-state index contributed by atoms with van der Waals surface area (Å²) in [7, 11) is 0. The summed E-state index contributed by atoms with van der Waals surface area (Å²) in [5.74, 6) is 1.07. The number of hydrogen-bond donors (Lipinski definition) is 2. The molecule has 0 bridgehead atoms. The van der Waals surface area contributed by atoms with Crippen LogP contribution in [0.1, 0.15) is 24.2 Å². The van der Waals surface area contributed by atoms with Crippen molar-refractivity contribution in [2.24, 2.45) is 0 Å². The summed E-state index contributed by atoms with van der Waals surface area (Å²) >= 11 is 0. The summed E-state index contributed by atoms with van der Waals surface area (Å²) in [5, 5.41) is 15.7. The van der Waals surface area contributed by atoms with Crippen LogP contribution in [0.3, 0.4) is 0 Å². The Morgan fingerprint density at radius 2 is 1.96 bits per heavy atom. The van der Waals surface area contributed by atoms with Gasteiger partial charge in [-0.15, -0.1) is 0 Å². The van der Waals surface area contributed by atoms with Gasteiger partial charge in [0.05, 0.1) is 11.4 Å². The molecule has 6 nitrogen and oxygen atoms in total. The van der Waals surface area contributed by atoms with E-state index in [9.17, 15) is 0 Å². The Bertz CT molecular complexity index is 798. The Morgan fingerprint density at radius 1 is 1.16 bits per heavy atom. The minimum atomic E-state index is 0.540. The largest absolute Gasteiger partial charge is 0.355 e. The van der Waals surface area contributed by atoms with Gasteiger partial charge in [-0.05, 0) is 38.0 Å². The first-order valence-electron chi connectivity index (χ1n) is 8.88. The second-order valence-electron chi connectivity index (χ2n) is 6.64. The molecule has 1 aromatic carbocycles. The second-order valence-corrected chi connectivity index (χ2v) is 6.64. The number of hydrogen-bond acceptors (Lipinski definition) is 4. The standard InChI is InChI=1S/C19H24N6/c1-15-13-19(22-21-15)24-10-7-16(8-11-24)20-14-17-9-12-25(23-17)18-5-3-2-4-6-18/h2-6,9,12-13,16,20H,7-8,10-11,14H2,1H3,(H,21,22). The maximum Gasteiger partial charge on any atom is 0.150 e. The third-order valence-electron chi connectivity index (χ3n) is 4.75. The maximum atomic E-state index is 4.66. The van der Waals surface area contributed by atoms with Crippen molar-refractivity contribution in [3.05, 3.63) is 60.0 Å². The summed E-state index contributed by atoms with van der Waals surface area (Å²) in [6, 6.07) is 15.0. The van der Waals surface area contributed by atoms with Crippen LogP contribution in [0.5, 0.6) is 0 Å². The van der Waals surface area contributed by atoms with Crippen LogP contribution in [-0.2, 0) is 6.54 Å². The van der Waals surface area contributed by atoms with Crippen molar-refractivity contribution >= 4 is 5.82 Å². The molecular weight excluding hydrogens is 312 g/mol. The highest BCUT2D eigenvalue weighted by Crippen LogP contribution is 2.18. The Balaban J connectivity index is 1.28. The fraction of sp³-hybridized carbons (Fsp3) is 0.368. The molecule has 6 heteroatoms. The lowest BCUT2D eigenvalue weighted by Crippen LogP contribution is -2.42. The number of para-hydroxylation sites is 1. The average Bonchev–Trinajstić information content (AvgIpc) is 3.30. The van der Waals surface area contributed by atoms with Crippen molar-refractivity contribution in [2.75, 3.05) is 18.0 Å². The molecule has 0 atom stereocenters. The predicted octanol–water partition coefficient (Wildman–Crippen LogP) is 2.66. The number of aryl methyl sites for hydroxylation is 1. The molecule has 2 aromatic heterocycles. The van der Waals surface area contributed by atoms with Gasteiger partial charge in [-0.25, -0.2) is 4.68 Å². The molecule has 25 heavy (non-hydrogen) atoms. The normalized spacial score (nSPS) is 15.6. The Labute approximate surface area is 147 Å². The molecule has 130 valence electrons. The van der Waals surface area contributed by atoms with Gasteiger partial charge in [-0.3, -0.25) is 5.10 Å². The van der Waals surface area contributed by atoms with Gasteiger partial charge in [0.15, 0.2) is 5.82 Å². The number of aromatic amines is 1. The molecule has 1 fully saturated rings. The first-order chi connectivity index (χ1) is 12.3. The van der Waals surface area contributed by atoms with Gasteiger partial charge in [0.2, 0.25) is 0 Å². The molecule has 4 rings (SSSR count). The van der Waals surface area contributed by atoms with E-state index in [4.69, 9.17) is 0 Å². The Hall–Kier alpha value is -2.60. The zero-order valence-electron chi connectivity index (χ0n) is 14.5. The zero-order valence-corrected chi connectivity index (χ0v) is 14.5. The number of rotatable bonds is 5. The lowest BCUT2D eigenvalue weighted by atomic mass is 10.1. The van der Waals surface area contributed by atoms with Crippen LogP contribution in [0, 0.1) is 6.92 Å². The lowest BCUT2D eigenvalue weighted by molar-refractivity contribution is 0.410. The fourth-order valence-electron chi connectivity index (χ4n) is 3.31. The van der Waals surface area contributed by atoms with Crippen molar-refractivity contribution in [1.82, 2.24) is 25.3 Å². The number of nitrogens with zero attached hydrogens (tertiary/aromatic N) is 4. The number of aromatic nitrogens is 4. The highest BCUT2D eigenvalue weighted by atomic mass is 15.3. The summed E-state index contributed by atoms with van der Waals surface area (Å²) in [5.41, 5.74) is 3.29. The molecular formula is C19H24N6. The molecule has 0 aliphatic carbocycles. The highest BCUT2D eigenvalue weighted by molar-refractivity contribution is 5.39. The van der Waals surface area contributed by atoms with Crippen LogP contribution in [-0.4, -0.2) is 39.1 Å². The van der Waals surface area contributed by atoms with Gasteiger partial charge in [0.1, 0.15) is 0 Å². The van der Waals surface area contributed by atoms with E-state index in [-0.39, 0.29) is 0 Å². The maximum absolute atomic E-state index is 4.66. The SMILES string of the molecule is Cc1cc(N2CCC(NCc3ccn(-c4ccccc4)n3)CC2)n[nH]1. The van der Waals surface area contributed by atoms with E-state index in [1.54, 1.807) is 0 Å². The molecule has 0 radical (unpaired) electrons. The molecule has 1 aliphatic heterocycles. The number of nitrogens with one attached hydrogen (secondary N) is 2. The molecule has 0 amide bonds. The number of benzene rings is 1. The van der Waals surface area contributed by atoms with Crippen LogP contribution >= 0.6 is 0 Å². The minimum Gasteiger partial charge on any atom is -0.355 e. The van der Waals surface area contributed by atoms with Crippen molar-refractivity contribution < 1.29 is 0 Å². The van der Waals surface area contributed by atoms with Crippen molar-refractivity contribution in [3.8, 4) is 5.69 Å².